The largest absolute Gasteiger partial charge is 0.384 e. The van der Waals surface area contributed by atoms with E-state index in [9.17, 15) is 4.79 Å². The van der Waals surface area contributed by atoms with Gasteiger partial charge in [-0.15, -0.1) is 11.3 Å². The van der Waals surface area contributed by atoms with Crippen molar-refractivity contribution in [2.24, 2.45) is 5.41 Å². The first-order valence-corrected chi connectivity index (χ1v) is 7.81. The van der Waals surface area contributed by atoms with Crippen LogP contribution in [0.3, 0.4) is 0 Å². The summed E-state index contributed by atoms with van der Waals surface area (Å²) in [5.41, 5.74) is 0.588. The number of hydrogen-bond acceptors (Lipinski definition) is 5. The lowest BCUT2D eigenvalue weighted by Gasteiger charge is -2.38. The van der Waals surface area contributed by atoms with E-state index in [2.05, 4.69) is 10.3 Å². The number of carbonyl (C=O) groups excluding carboxylic acids is 1. The number of thiazole rings is 1. The van der Waals surface area contributed by atoms with E-state index in [4.69, 9.17) is 4.74 Å². The molecule has 5 nitrogen and oxygen atoms in total. The van der Waals surface area contributed by atoms with E-state index >= 15 is 0 Å². The normalized spacial score (nSPS) is 17.9. The second-order valence-corrected chi connectivity index (χ2v) is 6.54. The van der Waals surface area contributed by atoms with Crippen molar-refractivity contribution in [3.05, 3.63) is 16.1 Å². The van der Waals surface area contributed by atoms with E-state index in [1.807, 2.05) is 19.4 Å². The van der Waals surface area contributed by atoms with Crippen molar-refractivity contribution in [3.63, 3.8) is 0 Å². The van der Waals surface area contributed by atoms with Crippen molar-refractivity contribution in [1.29, 1.82) is 0 Å². The van der Waals surface area contributed by atoms with Gasteiger partial charge in [-0.25, -0.2) is 4.98 Å². The minimum absolute atomic E-state index is 0.173. The lowest BCUT2D eigenvalue weighted by Crippen LogP contribution is -2.50. The summed E-state index contributed by atoms with van der Waals surface area (Å²) in [5, 5.41) is 6.36. The number of nitrogens with one attached hydrogen (secondary N) is 1. The van der Waals surface area contributed by atoms with Crippen LogP contribution in [0.25, 0.3) is 0 Å². The van der Waals surface area contributed by atoms with Crippen molar-refractivity contribution < 1.29 is 9.53 Å². The van der Waals surface area contributed by atoms with Gasteiger partial charge in [0.2, 0.25) is 5.91 Å². The third-order valence-corrected chi connectivity index (χ3v) is 4.67. The average molecular weight is 297 g/mol. The summed E-state index contributed by atoms with van der Waals surface area (Å²) in [5.74, 6) is 0.173. The Labute approximate surface area is 124 Å². The molecule has 1 aromatic rings. The standard InChI is InChI=1S/C14H23N3O2S/c1-11-16-12(9-20-11)8-17(2)13(18)14(10-19-3)4-6-15-7-5-14/h9,15H,4-8,10H2,1-3H3. The first kappa shape index (κ1) is 15.4. The van der Waals surface area contributed by atoms with Crippen molar-refractivity contribution in [3.8, 4) is 0 Å². The summed E-state index contributed by atoms with van der Waals surface area (Å²) in [7, 11) is 3.53. The summed E-state index contributed by atoms with van der Waals surface area (Å²) < 4.78 is 5.32. The van der Waals surface area contributed by atoms with Crippen LogP contribution in [0.4, 0.5) is 0 Å². The summed E-state index contributed by atoms with van der Waals surface area (Å²) in [6.45, 7) is 4.79. The molecule has 2 rings (SSSR count). The molecule has 1 N–H and O–H groups in total. The molecule has 0 radical (unpaired) electrons. The lowest BCUT2D eigenvalue weighted by atomic mass is 9.78. The van der Waals surface area contributed by atoms with Gasteiger partial charge in [0.15, 0.2) is 0 Å². The maximum absolute atomic E-state index is 12.8. The van der Waals surface area contributed by atoms with Crippen LogP contribution in [-0.4, -0.2) is 49.6 Å². The van der Waals surface area contributed by atoms with Crippen LogP contribution in [0.15, 0.2) is 5.38 Å². The minimum Gasteiger partial charge on any atom is -0.384 e. The van der Waals surface area contributed by atoms with Crippen molar-refractivity contribution in [2.75, 3.05) is 33.9 Å². The minimum atomic E-state index is -0.375. The van der Waals surface area contributed by atoms with Gasteiger partial charge in [0.05, 0.1) is 29.3 Å². The molecule has 0 atom stereocenters. The fourth-order valence-electron chi connectivity index (χ4n) is 2.80. The summed E-state index contributed by atoms with van der Waals surface area (Å²) in [6, 6.07) is 0. The topological polar surface area (TPSA) is 54.5 Å². The molecule has 0 aliphatic carbocycles. The molecule has 1 aliphatic rings. The highest BCUT2D eigenvalue weighted by Crippen LogP contribution is 2.31. The molecule has 112 valence electrons. The first-order chi connectivity index (χ1) is 9.57. The van der Waals surface area contributed by atoms with Gasteiger partial charge in [-0.05, 0) is 32.9 Å². The van der Waals surface area contributed by atoms with Gasteiger partial charge < -0.3 is 15.0 Å². The Morgan fingerprint density at radius 2 is 2.25 bits per heavy atom. The SMILES string of the molecule is COCC1(C(=O)N(C)Cc2csc(C)n2)CCNCC1. The lowest BCUT2D eigenvalue weighted by molar-refractivity contribution is -0.146. The maximum Gasteiger partial charge on any atom is 0.231 e. The highest BCUT2D eigenvalue weighted by Gasteiger charge is 2.41. The summed E-state index contributed by atoms with van der Waals surface area (Å²) >= 11 is 1.62. The first-order valence-electron chi connectivity index (χ1n) is 6.94. The average Bonchev–Trinajstić information content (AvgIpc) is 2.84. The maximum atomic E-state index is 12.8. The number of hydrogen-bond donors (Lipinski definition) is 1. The number of ether oxygens (including phenoxy) is 1. The van der Waals surface area contributed by atoms with Gasteiger partial charge >= 0.3 is 0 Å². The fraction of sp³-hybridized carbons (Fsp3) is 0.714. The summed E-state index contributed by atoms with van der Waals surface area (Å²) in [6.07, 6.45) is 1.67. The third kappa shape index (κ3) is 3.37. The highest BCUT2D eigenvalue weighted by molar-refractivity contribution is 7.09. The van der Waals surface area contributed by atoms with Crippen LogP contribution in [0, 0.1) is 12.3 Å². The van der Waals surface area contributed by atoms with E-state index in [1.165, 1.54) is 0 Å². The van der Waals surface area contributed by atoms with E-state index in [0.29, 0.717) is 13.2 Å². The molecule has 0 spiro atoms. The van der Waals surface area contributed by atoms with Crippen LogP contribution >= 0.6 is 11.3 Å². The molecule has 0 saturated carbocycles. The Morgan fingerprint density at radius 3 is 2.80 bits per heavy atom. The van der Waals surface area contributed by atoms with Crippen LogP contribution in [-0.2, 0) is 16.1 Å². The molecule has 1 saturated heterocycles. The molecule has 1 fully saturated rings. The third-order valence-electron chi connectivity index (χ3n) is 3.85. The number of aryl methyl sites for hydroxylation is 1. The van der Waals surface area contributed by atoms with Crippen LogP contribution in [0.5, 0.6) is 0 Å². The molecule has 1 amide bonds. The Morgan fingerprint density at radius 1 is 1.55 bits per heavy atom. The molecule has 1 aromatic heterocycles. The Bertz CT molecular complexity index is 450. The Balaban J connectivity index is 2.06. The zero-order valence-electron chi connectivity index (χ0n) is 12.4. The van der Waals surface area contributed by atoms with E-state index in [-0.39, 0.29) is 11.3 Å². The zero-order valence-corrected chi connectivity index (χ0v) is 13.3. The Kier molecular flexibility index (Phi) is 5.12. The molecule has 20 heavy (non-hydrogen) atoms. The molecular weight excluding hydrogens is 274 g/mol. The second kappa shape index (κ2) is 6.65. The molecule has 0 unspecified atom stereocenters. The number of rotatable bonds is 5. The van der Waals surface area contributed by atoms with Crippen molar-refractivity contribution in [2.45, 2.75) is 26.3 Å². The van der Waals surface area contributed by atoms with Crippen molar-refractivity contribution >= 4 is 17.2 Å². The number of aromatic nitrogens is 1. The molecule has 1 aliphatic heterocycles. The summed E-state index contributed by atoms with van der Waals surface area (Å²) in [4.78, 5) is 19.0. The number of methoxy groups -OCH3 is 1. The number of amides is 1. The van der Waals surface area contributed by atoms with Gasteiger partial charge in [0, 0.05) is 19.5 Å². The van der Waals surface area contributed by atoms with Gasteiger partial charge in [-0.2, -0.15) is 0 Å². The number of carbonyl (C=O) groups is 1. The molecule has 6 heteroatoms. The van der Waals surface area contributed by atoms with E-state index < -0.39 is 0 Å². The van der Waals surface area contributed by atoms with Gasteiger partial charge in [0.1, 0.15) is 0 Å². The van der Waals surface area contributed by atoms with Crippen LogP contribution in [0.2, 0.25) is 0 Å². The number of nitrogens with zero attached hydrogens (tertiary/aromatic N) is 2. The van der Waals surface area contributed by atoms with Gasteiger partial charge in [-0.3, -0.25) is 4.79 Å². The second-order valence-electron chi connectivity index (χ2n) is 5.48. The Hall–Kier alpha value is -0.980. The van der Waals surface area contributed by atoms with Crippen LogP contribution in [0.1, 0.15) is 23.5 Å². The predicted molar refractivity (Wildman–Crippen MR) is 79.7 cm³/mol. The molecule has 2 heterocycles. The quantitative estimate of drug-likeness (QED) is 0.893. The van der Waals surface area contributed by atoms with E-state index in [0.717, 1.165) is 36.6 Å². The van der Waals surface area contributed by atoms with E-state index in [1.54, 1.807) is 23.3 Å². The zero-order chi connectivity index (χ0) is 14.6. The predicted octanol–water partition coefficient (Wildman–Crippen LogP) is 1.43. The van der Waals surface area contributed by atoms with Crippen molar-refractivity contribution in [1.82, 2.24) is 15.2 Å². The van der Waals surface area contributed by atoms with Gasteiger partial charge in [-0.1, -0.05) is 0 Å². The molecule has 0 bridgehead atoms. The molecule has 0 aromatic carbocycles. The number of piperidine rings is 1. The monoisotopic (exact) mass is 297 g/mol. The van der Waals surface area contributed by atoms with Crippen LogP contribution < -0.4 is 5.32 Å². The smallest absolute Gasteiger partial charge is 0.231 e. The van der Waals surface area contributed by atoms with Gasteiger partial charge in [0.25, 0.3) is 0 Å². The fourth-order valence-corrected chi connectivity index (χ4v) is 3.41. The highest BCUT2D eigenvalue weighted by atomic mass is 32.1. The molecular formula is C14H23N3O2S.